The molecular formula is C26H24N2OS. The van der Waals surface area contributed by atoms with Gasteiger partial charge in [-0.15, -0.1) is 11.8 Å². The van der Waals surface area contributed by atoms with Gasteiger partial charge in [-0.3, -0.25) is 4.79 Å². The van der Waals surface area contributed by atoms with Gasteiger partial charge in [-0.05, 0) is 61.1 Å². The van der Waals surface area contributed by atoms with E-state index in [1.165, 1.54) is 15.8 Å². The monoisotopic (exact) mass is 412 g/mol. The fourth-order valence-corrected chi connectivity index (χ4v) is 4.94. The first-order valence-electron chi connectivity index (χ1n) is 10.3. The quantitative estimate of drug-likeness (QED) is 0.420. The Balaban J connectivity index is 1.65. The fraction of sp³-hybridized carbons (Fsp3) is 0.192. The number of nitrogens with zero attached hydrogens (tertiary/aromatic N) is 1. The van der Waals surface area contributed by atoms with Gasteiger partial charge in [0, 0.05) is 33.6 Å². The minimum Gasteiger partial charge on any atom is -0.356 e. The van der Waals surface area contributed by atoms with Gasteiger partial charge < -0.3 is 9.88 Å². The molecule has 2 heterocycles. The normalized spacial score (nSPS) is 15.9. The highest BCUT2D eigenvalue weighted by molar-refractivity contribution is 7.98. The number of para-hydroxylation sites is 1. The predicted molar refractivity (Wildman–Crippen MR) is 124 cm³/mol. The third-order valence-corrected chi connectivity index (χ3v) is 6.74. The molecule has 1 atom stereocenters. The molecule has 5 rings (SSSR count). The van der Waals surface area contributed by atoms with Crippen LogP contribution >= 0.6 is 11.8 Å². The smallest absolute Gasteiger partial charge is 0.254 e. The summed E-state index contributed by atoms with van der Waals surface area (Å²) in [5.74, 6) is 0.0851. The second-order valence-corrected chi connectivity index (χ2v) is 8.74. The van der Waals surface area contributed by atoms with Crippen LogP contribution in [0.2, 0.25) is 0 Å². The molecule has 3 aromatic carbocycles. The molecule has 1 aliphatic heterocycles. The molecule has 30 heavy (non-hydrogen) atoms. The molecule has 0 spiro atoms. The minimum absolute atomic E-state index is 0.0851. The van der Waals surface area contributed by atoms with Crippen molar-refractivity contribution in [3.05, 3.63) is 101 Å². The first-order chi connectivity index (χ1) is 14.7. The van der Waals surface area contributed by atoms with Crippen LogP contribution in [-0.4, -0.2) is 28.6 Å². The number of benzene rings is 3. The van der Waals surface area contributed by atoms with Crippen LogP contribution in [0, 0.1) is 6.92 Å². The van der Waals surface area contributed by atoms with E-state index < -0.39 is 0 Å². The molecule has 0 radical (unpaired) electrons. The van der Waals surface area contributed by atoms with E-state index in [1.807, 2.05) is 36.1 Å². The standard InChI is InChI=1S/C26H24N2OS/c1-17-6-5-7-19(16-17)26(29)28-15-14-22-21-8-3-4-9-23(21)27-24(22)25(28)18-10-12-20(30-2)13-11-18/h3-13,16,25,27H,14-15H2,1-2H3. The van der Waals surface area contributed by atoms with E-state index in [0.717, 1.165) is 34.3 Å². The number of thioether (sulfide) groups is 1. The number of hydrogen-bond acceptors (Lipinski definition) is 2. The highest BCUT2D eigenvalue weighted by atomic mass is 32.2. The maximum absolute atomic E-state index is 13.6. The van der Waals surface area contributed by atoms with E-state index in [4.69, 9.17) is 0 Å². The van der Waals surface area contributed by atoms with E-state index in [9.17, 15) is 4.79 Å². The topological polar surface area (TPSA) is 36.1 Å². The van der Waals surface area contributed by atoms with Gasteiger partial charge >= 0.3 is 0 Å². The molecule has 1 N–H and O–H groups in total. The van der Waals surface area contributed by atoms with Crippen LogP contribution in [0.15, 0.2) is 77.7 Å². The Kier molecular flexibility index (Phi) is 4.87. The molecule has 0 saturated carbocycles. The highest BCUT2D eigenvalue weighted by Gasteiger charge is 2.34. The maximum Gasteiger partial charge on any atom is 0.254 e. The lowest BCUT2D eigenvalue weighted by Gasteiger charge is -2.36. The number of aromatic amines is 1. The first kappa shape index (κ1) is 19.0. The fourth-order valence-electron chi connectivity index (χ4n) is 4.54. The lowest BCUT2D eigenvalue weighted by molar-refractivity contribution is 0.0692. The van der Waals surface area contributed by atoms with E-state index >= 15 is 0 Å². The third kappa shape index (κ3) is 3.21. The molecule has 0 aliphatic carbocycles. The SMILES string of the molecule is CSc1ccc(C2c3[nH]c4ccccc4c3CCN2C(=O)c2cccc(C)c2)cc1. The number of aromatic nitrogens is 1. The molecule has 4 heteroatoms. The first-order valence-corrected chi connectivity index (χ1v) is 11.5. The Hall–Kier alpha value is -2.98. The molecule has 0 bridgehead atoms. The molecule has 1 amide bonds. The number of nitrogens with one attached hydrogen (secondary N) is 1. The summed E-state index contributed by atoms with van der Waals surface area (Å²) in [5.41, 5.74) is 6.60. The van der Waals surface area contributed by atoms with Gasteiger partial charge in [-0.25, -0.2) is 0 Å². The number of rotatable bonds is 3. The Bertz CT molecular complexity index is 1230. The van der Waals surface area contributed by atoms with E-state index in [0.29, 0.717) is 6.54 Å². The summed E-state index contributed by atoms with van der Waals surface area (Å²) >= 11 is 1.73. The van der Waals surface area contributed by atoms with E-state index in [-0.39, 0.29) is 11.9 Å². The molecule has 0 saturated heterocycles. The number of fused-ring (bicyclic) bond motifs is 3. The molecule has 0 fully saturated rings. The molecular weight excluding hydrogens is 388 g/mol. The Morgan fingerprint density at radius 2 is 1.83 bits per heavy atom. The molecule has 1 aliphatic rings. The molecule has 4 aromatic rings. The predicted octanol–water partition coefficient (Wildman–Crippen LogP) is 5.99. The van der Waals surface area contributed by atoms with Gasteiger partial charge in [-0.1, -0.05) is 48.0 Å². The van der Waals surface area contributed by atoms with Gasteiger partial charge in [0.25, 0.3) is 5.91 Å². The minimum atomic E-state index is -0.120. The molecule has 1 aromatic heterocycles. The largest absolute Gasteiger partial charge is 0.356 e. The third-order valence-electron chi connectivity index (χ3n) is 5.99. The maximum atomic E-state index is 13.6. The summed E-state index contributed by atoms with van der Waals surface area (Å²) in [4.78, 5) is 20.5. The van der Waals surface area contributed by atoms with Crippen LogP contribution in [0.5, 0.6) is 0 Å². The number of H-pyrrole nitrogens is 1. The lowest BCUT2D eigenvalue weighted by atomic mass is 9.91. The number of carbonyl (C=O) groups excluding carboxylic acids is 1. The summed E-state index contributed by atoms with van der Waals surface area (Å²) in [6.45, 7) is 2.73. The van der Waals surface area contributed by atoms with Crippen LogP contribution in [0.3, 0.4) is 0 Å². The Morgan fingerprint density at radius 1 is 1.03 bits per heavy atom. The highest BCUT2D eigenvalue weighted by Crippen LogP contribution is 2.39. The van der Waals surface area contributed by atoms with Crippen LogP contribution in [0.25, 0.3) is 10.9 Å². The van der Waals surface area contributed by atoms with Crippen molar-refractivity contribution in [2.24, 2.45) is 0 Å². The second kappa shape index (κ2) is 7.69. The van der Waals surface area contributed by atoms with Gasteiger partial charge in [0.05, 0.1) is 6.04 Å². The lowest BCUT2D eigenvalue weighted by Crippen LogP contribution is -2.40. The van der Waals surface area contributed by atoms with Crippen molar-refractivity contribution in [3.8, 4) is 0 Å². The van der Waals surface area contributed by atoms with Gasteiger partial charge in [0.15, 0.2) is 0 Å². The van der Waals surface area contributed by atoms with Gasteiger partial charge in [-0.2, -0.15) is 0 Å². The van der Waals surface area contributed by atoms with Crippen LogP contribution < -0.4 is 0 Å². The summed E-state index contributed by atoms with van der Waals surface area (Å²) in [7, 11) is 0. The summed E-state index contributed by atoms with van der Waals surface area (Å²) < 4.78 is 0. The molecule has 1 unspecified atom stereocenters. The Morgan fingerprint density at radius 3 is 2.60 bits per heavy atom. The summed E-state index contributed by atoms with van der Waals surface area (Å²) in [5, 5.41) is 1.26. The average molecular weight is 413 g/mol. The summed E-state index contributed by atoms with van der Waals surface area (Å²) in [6, 6.07) is 24.8. The molecule has 3 nitrogen and oxygen atoms in total. The zero-order chi connectivity index (χ0) is 20.7. The number of amides is 1. The number of aryl methyl sites for hydroxylation is 1. The van der Waals surface area contributed by atoms with Gasteiger partial charge in [0.2, 0.25) is 0 Å². The van der Waals surface area contributed by atoms with Crippen molar-refractivity contribution in [1.82, 2.24) is 9.88 Å². The zero-order valence-electron chi connectivity index (χ0n) is 17.2. The van der Waals surface area contributed by atoms with Crippen LogP contribution in [-0.2, 0) is 6.42 Å². The van der Waals surface area contributed by atoms with E-state index in [1.54, 1.807) is 11.8 Å². The number of hydrogen-bond donors (Lipinski definition) is 1. The van der Waals surface area contributed by atoms with Crippen LogP contribution in [0.1, 0.15) is 38.8 Å². The van der Waals surface area contributed by atoms with Crippen molar-refractivity contribution in [2.75, 3.05) is 12.8 Å². The van der Waals surface area contributed by atoms with Gasteiger partial charge in [0.1, 0.15) is 0 Å². The van der Waals surface area contributed by atoms with Crippen molar-refractivity contribution >= 4 is 28.6 Å². The van der Waals surface area contributed by atoms with Crippen molar-refractivity contribution < 1.29 is 4.79 Å². The number of carbonyl (C=O) groups is 1. The zero-order valence-corrected chi connectivity index (χ0v) is 18.0. The van der Waals surface area contributed by atoms with E-state index in [2.05, 4.69) is 59.8 Å². The van der Waals surface area contributed by atoms with Crippen molar-refractivity contribution in [3.63, 3.8) is 0 Å². The van der Waals surface area contributed by atoms with Crippen molar-refractivity contribution in [1.29, 1.82) is 0 Å². The Labute approximate surface area is 181 Å². The average Bonchev–Trinajstić information content (AvgIpc) is 3.17. The molecule has 150 valence electrons. The van der Waals surface area contributed by atoms with Crippen LogP contribution in [0.4, 0.5) is 0 Å². The second-order valence-electron chi connectivity index (χ2n) is 7.86. The van der Waals surface area contributed by atoms with Crippen molar-refractivity contribution in [2.45, 2.75) is 24.3 Å². The summed E-state index contributed by atoms with van der Waals surface area (Å²) in [6.07, 6.45) is 2.94.